The van der Waals surface area contributed by atoms with Crippen molar-refractivity contribution in [3.8, 4) is 11.1 Å². The smallest absolute Gasteiger partial charge is 0.221 e. The highest BCUT2D eigenvalue weighted by Crippen LogP contribution is 2.34. The number of amides is 1. The standard InChI is InChI=1S/C18H15NO/c1-13(20)19-18-16-10-6-5-9-15(16)11-12-17(18)14-7-3-2-4-8-14/h2-12H,1H3,(H,19,20). The van der Waals surface area contributed by atoms with E-state index in [0.29, 0.717) is 0 Å². The van der Waals surface area contributed by atoms with Crippen molar-refractivity contribution in [2.75, 3.05) is 5.32 Å². The first-order valence-electron chi connectivity index (χ1n) is 6.60. The first kappa shape index (κ1) is 12.4. The molecule has 20 heavy (non-hydrogen) atoms. The Morgan fingerprint density at radius 1 is 0.850 bits per heavy atom. The van der Waals surface area contributed by atoms with Gasteiger partial charge in [-0.05, 0) is 10.9 Å². The molecule has 0 bridgehead atoms. The van der Waals surface area contributed by atoms with Gasteiger partial charge >= 0.3 is 0 Å². The fraction of sp³-hybridized carbons (Fsp3) is 0.0556. The maximum Gasteiger partial charge on any atom is 0.221 e. The van der Waals surface area contributed by atoms with Crippen molar-refractivity contribution in [2.45, 2.75) is 6.92 Å². The summed E-state index contributed by atoms with van der Waals surface area (Å²) in [4.78, 5) is 11.5. The molecular weight excluding hydrogens is 246 g/mol. The van der Waals surface area contributed by atoms with Crippen LogP contribution in [-0.4, -0.2) is 5.91 Å². The van der Waals surface area contributed by atoms with E-state index in [2.05, 4.69) is 35.6 Å². The maximum atomic E-state index is 11.5. The van der Waals surface area contributed by atoms with Crippen LogP contribution in [0.15, 0.2) is 66.7 Å². The largest absolute Gasteiger partial charge is 0.325 e. The molecule has 0 saturated carbocycles. The predicted molar refractivity (Wildman–Crippen MR) is 83.7 cm³/mol. The second-order valence-corrected chi connectivity index (χ2v) is 4.76. The maximum absolute atomic E-state index is 11.5. The third-order valence-electron chi connectivity index (χ3n) is 3.31. The monoisotopic (exact) mass is 261 g/mol. The van der Waals surface area contributed by atoms with E-state index in [-0.39, 0.29) is 5.91 Å². The molecule has 0 unspecified atom stereocenters. The van der Waals surface area contributed by atoms with Gasteiger partial charge in [-0.15, -0.1) is 0 Å². The Labute approximate surface area is 118 Å². The van der Waals surface area contributed by atoms with Crippen molar-refractivity contribution in [1.29, 1.82) is 0 Å². The zero-order valence-corrected chi connectivity index (χ0v) is 11.3. The molecule has 0 heterocycles. The Morgan fingerprint density at radius 2 is 1.55 bits per heavy atom. The van der Waals surface area contributed by atoms with E-state index in [9.17, 15) is 4.79 Å². The molecule has 3 aromatic carbocycles. The highest BCUT2D eigenvalue weighted by Gasteiger charge is 2.10. The van der Waals surface area contributed by atoms with Gasteiger partial charge in [0.25, 0.3) is 0 Å². The first-order chi connectivity index (χ1) is 9.75. The minimum absolute atomic E-state index is 0.0569. The normalized spacial score (nSPS) is 10.4. The average molecular weight is 261 g/mol. The van der Waals surface area contributed by atoms with Crippen molar-refractivity contribution < 1.29 is 4.79 Å². The van der Waals surface area contributed by atoms with Crippen LogP contribution in [0.4, 0.5) is 5.69 Å². The number of carbonyl (C=O) groups excluding carboxylic acids is 1. The number of rotatable bonds is 2. The molecule has 0 aliphatic rings. The van der Waals surface area contributed by atoms with Gasteiger partial charge in [0, 0.05) is 17.9 Å². The average Bonchev–Trinajstić information content (AvgIpc) is 2.48. The lowest BCUT2D eigenvalue weighted by Gasteiger charge is -2.13. The molecule has 0 radical (unpaired) electrons. The summed E-state index contributed by atoms with van der Waals surface area (Å²) in [5.41, 5.74) is 3.02. The van der Waals surface area contributed by atoms with Gasteiger partial charge in [0.1, 0.15) is 0 Å². The summed E-state index contributed by atoms with van der Waals surface area (Å²) in [7, 11) is 0. The third kappa shape index (κ3) is 2.28. The lowest BCUT2D eigenvalue weighted by atomic mass is 9.98. The molecule has 0 aliphatic carbocycles. The van der Waals surface area contributed by atoms with E-state index in [1.165, 1.54) is 6.92 Å². The molecule has 0 spiro atoms. The summed E-state index contributed by atoms with van der Waals surface area (Å²) in [5.74, 6) is -0.0569. The van der Waals surface area contributed by atoms with Gasteiger partial charge < -0.3 is 5.32 Å². The molecule has 0 aliphatic heterocycles. The van der Waals surface area contributed by atoms with Crippen molar-refractivity contribution in [3.05, 3.63) is 66.7 Å². The molecule has 1 N–H and O–H groups in total. The van der Waals surface area contributed by atoms with E-state index >= 15 is 0 Å². The molecule has 0 saturated heterocycles. The minimum Gasteiger partial charge on any atom is -0.325 e. The molecule has 2 heteroatoms. The number of carbonyl (C=O) groups is 1. The quantitative estimate of drug-likeness (QED) is 0.724. The van der Waals surface area contributed by atoms with Gasteiger partial charge in [-0.1, -0.05) is 66.7 Å². The Kier molecular flexibility index (Phi) is 3.21. The topological polar surface area (TPSA) is 29.1 Å². The molecule has 3 aromatic rings. The minimum atomic E-state index is -0.0569. The number of nitrogens with one attached hydrogen (secondary N) is 1. The summed E-state index contributed by atoms with van der Waals surface area (Å²) in [6.07, 6.45) is 0. The van der Waals surface area contributed by atoms with Crippen LogP contribution in [0.25, 0.3) is 21.9 Å². The Morgan fingerprint density at radius 3 is 2.30 bits per heavy atom. The van der Waals surface area contributed by atoms with E-state index < -0.39 is 0 Å². The lowest BCUT2D eigenvalue weighted by molar-refractivity contribution is -0.114. The van der Waals surface area contributed by atoms with Gasteiger partial charge in [0.05, 0.1) is 5.69 Å². The van der Waals surface area contributed by atoms with Crippen molar-refractivity contribution in [2.24, 2.45) is 0 Å². The summed E-state index contributed by atoms with van der Waals surface area (Å²) in [5, 5.41) is 5.16. The fourth-order valence-electron chi connectivity index (χ4n) is 2.44. The molecule has 3 rings (SSSR count). The second-order valence-electron chi connectivity index (χ2n) is 4.76. The first-order valence-corrected chi connectivity index (χ1v) is 6.60. The van der Waals surface area contributed by atoms with Crippen LogP contribution in [0.5, 0.6) is 0 Å². The van der Waals surface area contributed by atoms with Gasteiger partial charge in [-0.3, -0.25) is 4.79 Å². The Balaban J connectivity index is 2.28. The lowest BCUT2D eigenvalue weighted by Crippen LogP contribution is -2.07. The van der Waals surface area contributed by atoms with E-state index in [4.69, 9.17) is 0 Å². The van der Waals surface area contributed by atoms with Crippen LogP contribution in [-0.2, 0) is 4.79 Å². The molecule has 0 fully saturated rings. The van der Waals surface area contributed by atoms with E-state index in [0.717, 1.165) is 27.6 Å². The van der Waals surface area contributed by atoms with Crippen LogP contribution in [0.2, 0.25) is 0 Å². The van der Waals surface area contributed by atoms with Crippen molar-refractivity contribution in [3.63, 3.8) is 0 Å². The number of hydrogen-bond donors (Lipinski definition) is 1. The van der Waals surface area contributed by atoms with Crippen LogP contribution in [0.3, 0.4) is 0 Å². The zero-order valence-electron chi connectivity index (χ0n) is 11.3. The molecule has 2 nitrogen and oxygen atoms in total. The summed E-state index contributed by atoms with van der Waals surface area (Å²) in [6.45, 7) is 1.54. The molecule has 0 atom stereocenters. The van der Waals surface area contributed by atoms with Crippen molar-refractivity contribution in [1.82, 2.24) is 0 Å². The highest BCUT2D eigenvalue weighted by molar-refractivity contribution is 6.07. The molecular formula is C18H15NO. The Bertz CT molecular complexity index is 763. The zero-order chi connectivity index (χ0) is 13.9. The second kappa shape index (κ2) is 5.17. The van der Waals surface area contributed by atoms with Gasteiger partial charge in [-0.2, -0.15) is 0 Å². The number of hydrogen-bond acceptors (Lipinski definition) is 1. The van der Waals surface area contributed by atoms with Gasteiger partial charge in [-0.25, -0.2) is 0 Å². The summed E-state index contributed by atoms with van der Waals surface area (Å²) >= 11 is 0. The van der Waals surface area contributed by atoms with E-state index in [1.807, 2.05) is 36.4 Å². The van der Waals surface area contributed by atoms with Crippen LogP contribution < -0.4 is 5.32 Å². The molecule has 0 aromatic heterocycles. The van der Waals surface area contributed by atoms with Crippen molar-refractivity contribution >= 4 is 22.4 Å². The number of benzene rings is 3. The van der Waals surface area contributed by atoms with Gasteiger partial charge in [0.15, 0.2) is 0 Å². The van der Waals surface area contributed by atoms with Gasteiger partial charge in [0.2, 0.25) is 5.91 Å². The summed E-state index contributed by atoms with van der Waals surface area (Å²) < 4.78 is 0. The summed E-state index contributed by atoms with van der Waals surface area (Å²) in [6, 6.07) is 22.3. The fourth-order valence-corrected chi connectivity index (χ4v) is 2.44. The van der Waals surface area contributed by atoms with Crippen LogP contribution >= 0.6 is 0 Å². The molecule has 98 valence electrons. The number of anilines is 1. The van der Waals surface area contributed by atoms with E-state index in [1.54, 1.807) is 0 Å². The van der Waals surface area contributed by atoms with Crippen LogP contribution in [0, 0.1) is 0 Å². The molecule has 1 amide bonds. The van der Waals surface area contributed by atoms with Crippen LogP contribution in [0.1, 0.15) is 6.92 Å². The highest BCUT2D eigenvalue weighted by atomic mass is 16.1. The Hall–Kier alpha value is -2.61. The number of fused-ring (bicyclic) bond motifs is 1. The third-order valence-corrected chi connectivity index (χ3v) is 3.31. The SMILES string of the molecule is CC(=O)Nc1c(-c2ccccc2)ccc2ccccc12. The predicted octanol–water partition coefficient (Wildman–Crippen LogP) is 4.47.